The number of nitrogens with zero attached hydrogens (tertiary/aromatic N) is 1. The fraction of sp³-hybridized carbons (Fsp3) is 0.273. The molecule has 0 radical (unpaired) electrons. The number of benzene rings is 1. The molecule has 1 heterocycles. The second kappa shape index (κ2) is 4.82. The summed E-state index contributed by atoms with van der Waals surface area (Å²) in [6.07, 6.45) is -1.16. The lowest BCUT2D eigenvalue weighted by molar-refractivity contribution is -0.384. The molecular formula is C11H9NO6. The fourth-order valence-electron chi connectivity index (χ4n) is 1.55. The van der Waals surface area contributed by atoms with E-state index in [-0.39, 0.29) is 18.5 Å². The number of hydrogen-bond acceptors (Lipinski definition) is 6. The van der Waals surface area contributed by atoms with Gasteiger partial charge < -0.3 is 9.47 Å². The van der Waals surface area contributed by atoms with Gasteiger partial charge in [0.05, 0.1) is 4.92 Å². The molecule has 7 nitrogen and oxygen atoms in total. The van der Waals surface area contributed by atoms with Crippen LogP contribution in [-0.4, -0.2) is 23.2 Å². The maximum absolute atomic E-state index is 11.0. The third-order valence-corrected chi connectivity index (χ3v) is 2.36. The Bertz CT molecular complexity index is 479. The molecular weight excluding hydrogens is 242 g/mol. The standard InChI is InChI=1S/C11H9NO6/c13-9-6-10(14)18-11(17-9)5-7-1-3-8(4-2-7)12(15)16/h1-4,11H,5-6H2. The number of rotatable bonds is 3. The van der Waals surface area contributed by atoms with Gasteiger partial charge in [0.2, 0.25) is 0 Å². The Hall–Kier alpha value is -2.44. The van der Waals surface area contributed by atoms with Crippen LogP contribution >= 0.6 is 0 Å². The van der Waals surface area contributed by atoms with Crippen molar-refractivity contribution in [2.75, 3.05) is 0 Å². The topological polar surface area (TPSA) is 95.7 Å². The minimum atomic E-state index is -0.958. The number of cyclic esters (lactones) is 2. The van der Waals surface area contributed by atoms with Crippen molar-refractivity contribution in [2.45, 2.75) is 19.1 Å². The van der Waals surface area contributed by atoms with Gasteiger partial charge in [0.15, 0.2) is 0 Å². The van der Waals surface area contributed by atoms with Gasteiger partial charge >= 0.3 is 11.9 Å². The van der Waals surface area contributed by atoms with Gasteiger partial charge in [0.1, 0.15) is 6.42 Å². The van der Waals surface area contributed by atoms with E-state index >= 15 is 0 Å². The second-order valence-electron chi connectivity index (χ2n) is 3.71. The molecule has 0 unspecified atom stereocenters. The van der Waals surface area contributed by atoms with Crippen molar-refractivity contribution in [3.63, 3.8) is 0 Å². The van der Waals surface area contributed by atoms with Gasteiger partial charge in [-0.25, -0.2) is 0 Å². The monoisotopic (exact) mass is 251 g/mol. The lowest BCUT2D eigenvalue weighted by atomic mass is 10.1. The zero-order valence-corrected chi connectivity index (χ0v) is 9.20. The lowest BCUT2D eigenvalue weighted by Gasteiger charge is -2.22. The summed E-state index contributed by atoms with van der Waals surface area (Å²) in [4.78, 5) is 32.0. The molecule has 18 heavy (non-hydrogen) atoms. The predicted octanol–water partition coefficient (Wildman–Crippen LogP) is 0.953. The summed E-state index contributed by atoms with van der Waals surface area (Å²) >= 11 is 0. The Kier molecular flexibility index (Phi) is 3.22. The third-order valence-electron chi connectivity index (χ3n) is 2.36. The van der Waals surface area contributed by atoms with Gasteiger partial charge in [-0.2, -0.15) is 0 Å². The SMILES string of the molecule is O=C1CC(=O)OC(Cc2ccc([N+](=O)[O-])cc2)O1. The van der Waals surface area contributed by atoms with Crippen molar-refractivity contribution in [3.8, 4) is 0 Å². The first-order chi connectivity index (χ1) is 8.54. The van der Waals surface area contributed by atoms with Gasteiger partial charge in [-0.1, -0.05) is 12.1 Å². The molecule has 0 N–H and O–H groups in total. The smallest absolute Gasteiger partial charge is 0.320 e. The van der Waals surface area contributed by atoms with Gasteiger partial charge in [-0.15, -0.1) is 0 Å². The van der Waals surface area contributed by atoms with Gasteiger partial charge in [-0.3, -0.25) is 19.7 Å². The Morgan fingerprint density at radius 3 is 2.22 bits per heavy atom. The summed E-state index contributed by atoms with van der Waals surface area (Å²) in [6, 6.07) is 5.71. The summed E-state index contributed by atoms with van der Waals surface area (Å²) in [5.41, 5.74) is 0.643. The zero-order chi connectivity index (χ0) is 13.1. The minimum Gasteiger partial charge on any atom is -0.424 e. The highest BCUT2D eigenvalue weighted by Gasteiger charge is 2.27. The summed E-state index contributed by atoms with van der Waals surface area (Å²) in [5.74, 6) is -1.25. The van der Waals surface area contributed by atoms with E-state index < -0.39 is 23.2 Å². The number of ether oxygens (including phenoxy) is 2. The average molecular weight is 251 g/mol. The summed E-state index contributed by atoms with van der Waals surface area (Å²) < 4.78 is 9.64. The first-order valence-corrected chi connectivity index (χ1v) is 5.17. The molecule has 0 spiro atoms. The van der Waals surface area contributed by atoms with Gasteiger partial charge in [0.25, 0.3) is 12.0 Å². The average Bonchev–Trinajstić information content (AvgIpc) is 2.28. The zero-order valence-electron chi connectivity index (χ0n) is 9.20. The van der Waals surface area contributed by atoms with Crippen LogP contribution in [0.4, 0.5) is 5.69 Å². The molecule has 1 fully saturated rings. The Balaban J connectivity index is 2.02. The van der Waals surface area contributed by atoms with Crippen LogP contribution < -0.4 is 0 Å². The summed E-state index contributed by atoms with van der Waals surface area (Å²) in [7, 11) is 0. The Morgan fingerprint density at radius 2 is 1.72 bits per heavy atom. The van der Waals surface area contributed by atoms with E-state index in [1.165, 1.54) is 24.3 Å². The fourth-order valence-corrected chi connectivity index (χ4v) is 1.55. The van der Waals surface area contributed by atoms with Crippen LogP contribution in [-0.2, 0) is 25.5 Å². The molecule has 1 saturated heterocycles. The van der Waals surface area contributed by atoms with Crippen molar-refractivity contribution in [1.29, 1.82) is 0 Å². The largest absolute Gasteiger partial charge is 0.424 e. The van der Waals surface area contributed by atoms with Crippen LogP contribution in [0.2, 0.25) is 0 Å². The molecule has 1 aliphatic heterocycles. The van der Waals surface area contributed by atoms with E-state index in [4.69, 9.17) is 9.47 Å². The highest BCUT2D eigenvalue weighted by molar-refractivity contribution is 5.92. The number of hydrogen-bond donors (Lipinski definition) is 0. The van der Waals surface area contributed by atoms with Crippen LogP contribution in [0.5, 0.6) is 0 Å². The van der Waals surface area contributed by atoms with E-state index in [0.29, 0.717) is 5.56 Å². The van der Waals surface area contributed by atoms with Crippen LogP contribution in [0.3, 0.4) is 0 Å². The van der Waals surface area contributed by atoms with Gasteiger partial charge in [0, 0.05) is 18.6 Å². The van der Waals surface area contributed by atoms with Crippen LogP contribution in [0, 0.1) is 10.1 Å². The van der Waals surface area contributed by atoms with Crippen molar-refractivity contribution in [1.82, 2.24) is 0 Å². The first-order valence-electron chi connectivity index (χ1n) is 5.17. The van der Waals surface area contributed by atoms with E-state index in [1.54, 1.807) is 0 Å². The van der Waals surface area contributed by atoms with Crippen LogP contribution in [0.25, 0.3) is 0 Å². The number of carbonyl (C=O) groups is 2. The Labute approximate surface area is 101 Å². The molecule has 0 atom stereocenters. The quantitative estimate of drug-likeness (QED) is 0.343. The van der Waals surface area contributed by atoms with Crippen molar-refractivity contribution in [3.05, 3.63) is 39.9 Å². The molecule has 94 valence electrons. The van der Waals surface area contributed by atoms with E-state index in [0.717, 1.165) is 0 Å². The third kappa shape index (κ3) is 2.82. The molecule has 1 aromatic rings. The van der Waals surface area contributed by atoms with Crippen molar-refractivity contribution >= 4 is 17.6 Å². The van der Waals surface area contributed by atoms with Crippen LogP contribution in [0.1, 0.15) is 12.0 Å². The number of nitro groups is 1. The minimum absolute atomic E-state index is 0.0311. The number of non-ortho nitro benzene ring substituents is 1. The van der Waals surface area contributed by atoms with Crippen molar-refractivity contribution < 1.29 is 24.0 Å². The molecule has 1 aliphatic rings. The van der Waals surface area contributed by atoms with E-state index in [2.05, 4.69) is 0 Å². The number of nitro benzene ring substituents is 1. The molecule has 0 amide bonds. The number of carbonyl (C=O) groups excluding carboxylic acids is 2. The molecule has 0 bridgehead atoms. The lowest BCUT2D eigenvalue weighted by Crippen LogP contribution is -2.33. The highest BCUT2D eigenvalue weighted by Crippen LogP contribution is 2.16. The maximum Gasteiger partial charge on any atom is 0.320 e. The maximum atomic E-state index is 11.0. The molecule has 0 aliphatic carbocycles. The molecule has 2 rings (SSSR count). The first kappa shape index (κ1) is 12.0. The Morgan fingerprint density at radius 1 is 1.17 bits per heavy atom. The molecule has 7 heteroatoms. The van der Waals surface area contributed by atoms with Crippen molar-refractivity contribution in [2.24, 2.45) is 0 Å². The van der Waals surface area contributed by atoms with E-state index in [1.807, 2.05) is 0 Å². The second-order valence-corrected chi connectivity index (χ2v) is 3.71. The van der Waals surface area contributed by atoms with E-state index in [9.17, 15) is 19.7 Å². The van der Waals surface area contributed by atoms with Crippen LogP contribution in [0.15, 0.2) is 24.3 Å². The highest BCUT2D eigenvalue weighted by atomic mass is 16.7. The molecule has 1 aromatic carbocycles. The normalized spacial score (nSPS) is 16.0. The summed E-state index contributed by atoms with van der Waals surface area (Å²) in [5, 5.41) is 10.5. The molecule has 0 aromatic heterocycles. The number of esters is 2. The summed E-state index contributed by atoms with van der Waals surface area (Å²) in [6.45, 7) is 0. The predicted molar refractivity (Wildman–Crippen MR) is 57.4 cm³/mol. The van der Waals surface area contributed by atoms with Gasteiger partial charge in [-0.05, 0) is 5.56 Å². The molecule has 0 saturated carbocycles.